The fourth-order valence-electron chi connectivity index (χ4n) is 0.725. The lowest BCUT2D eigenvalue weighted by molar-refractivity contribution is -0.898. The van der Waals surface area contributed by atoms with Crippen molar-refractivity contribution < 1.29 is 22.0 Å². The van der Waals surface area contributed by atoms with Gasteiger partial charge in [-0.1, -0.05) is 0 Å². The number of aliphatic hydroxyl groups is 1. The van der Waals surface area contributed by atoms with Crippen LogP contribution < -0.4 is 12.4 Å². The van der Waals surface area contributed by atoms with Crippen LogP contribution in [-0.2, 0) is 0 Å². The zero-order valence-electron chi connectivity index (χ0n) is 7.67. The van der Waals surface area contributed by atoms with Gasteiger partial charge in [0, 0.05) is 0 Å². The highest BCUT2D eigenvalue weighted by atomic mass is 35.5. The quantitative estimate of drug-likeness (QED) is 0.409. The van der Waals surface area contributed by atoms with Gasteiger partial charge in [0.1, 0.15) is 11.9 Å². The van der Waals surface area contributed by atoms with E-state index in [1.54, 1.807) is 0 Å². The number of rotatable bonds is 4. The van der Waals surface area contributed by atoms with Crippen LogP contribution in [0.4, 0.5) is 0 Å². The van der Waals surface area contributed by atoms with Crippen molar-refractivity contribution in [2.75, 3.05) is 33.5 Å². The Hall–Kier alpha value is 0.560. The molecule has 0 saturated heterocycles. The molecular formula is C7H18ClNOS. The van der Waals surface area contributed by atoms with E-state index in [1.807, 2.05) is 11.8 Å². The van der Waals surface area contributed by atoms with Crippen molar-refractivity contribution in [1.29, 1.82) is 0 Å². The van der Waals surface area contributed by atoms with E-state index in [0.717, 1.165) is 11.0 Å². The fourth-order valence-corrected chi connectivity index (χ4v) is 1.40. The minimum Gasteiger partial charge on any atom is -1.00 e. The average molecular weight is 200 g/mol. The van der Waals surface area contributed by atoms with Gasteiger partial charge in [0.05, 0.1) is 20.7 Å². The van der Waals surface area contributed by atoms with Gasteiger partial charge < -0.3 is 22.0 Å². The molecule has 0 rings (SSSR count). The SMILES string of the molecule is CSC(C)[N+](C)(C)CCO.[Cl-]. The summed E-state index contributed by atoms with van der Waals surface area (Å²) in [5, 5.41) is 9.28. The maximum absolute atomic E-state index is 8.72. The molecule has 0 bridgehead atoms. The van der Waals surface area contributed by atoms with Crippen LogP contribution in [0.5, 0.6) is 0 Å². The summed E-state index contributed by atoms with van der Waals surface area (Å²) in [6, 6.07) is 0. The first-order valence-corrected chi connectivity index (χ1v) is 4.79. The van der Waals surface area contributed by atoms with Crippen molar-refractivity contribution in [3.05, 3.63) is 0 Å². The molecule has 0 aliphatic rings. The summed E-state index contributed by atoms with van der Waals surface area (Å²) in [6.07, 6.45) is 2.10. The fraction of sp³-hybridized carbons (Fsp3) is 1.00. The maximum atomic E-state index is 8.72. The van der Waals surface area contributed by atoms with Gasteiger partial charge in [-0.2, -0.15) is 0 Å². The summed E-state index contributed by atoms with van der Waals surface area (Å²) in [5.41, 5.74) is 0. The molecule has 0 saturated carbocycles. The molecule has 0 aliphatic heterocycles. The summed E-state index contributed by atoms with van der Waals surface area (Å²) in [7, 11) is 4.27. The molecule has 0 aliphatic carbocycles. The zero-order chi connectivity index (χ0) is 8.20. The van der Waals surface area contributed by atoms with E-state index < -0.39 is 0 Å². The first-order chi connectivity index (χ1) is 4.54. The Morgan fingerprint density at radius 1 is 1.45 bits per heavy atom. The summed E-state index contributed by atoms with van der Waals surface area (Å²) >= 11 is 1.83. The van der Waals surface area contributed by atoms with Crippen LogP contribution in [0.2, 0.25) is 0 Å². The molecule has 0 radical (unpaired) electrons. The van der Waals surface area contributed by atoms with E-state index in [0.29, 0.717) is 5.37 Å². The molecule has 0 aromatic heterocycles. The zero-order valence-corrected chi connectivity index (χ0v) is 9.24. The van der Waals surface area contributed by atoms with Gasteiger partial charge in [-0.15, -0.1) is 11.8 Å². The first kappa shape index (κ1) is 14.1. The molecule has 0 amide bonds. The van der Waals surface area contributed by atoms with Crippen molar-refractivity contribution in [1.82, 2.24) is 0 Å². The molecule has 4 heteroatoms. The van der Waals surface area contributed by atoms with Crippen LogP contribution in [0.1, 0.15) is 6.92 Å². The second kappa shape index (κ2) is 6.12. The third-order valence-electron chi connectivity index (χ3n) is 2.00. The van der Waals surface area contributed by atoms with Crippen LogP contribution in [0.15, 0.2) is 0 Å². The van der Waals surface area contributed by atoms with Gasteiger partial charge in [0.25, 0.3) is 0 Å². The summed E-state index contributed by atoms with van der Waals surface area (Å²) < 4.78 is 0.887. The lowest BCUT2D eigenvalue weighted by atomic mass is 10.4. The lowest BCUT2D eigenvalue weighted by Crippen LogP contribution is -3.00. The van der Waals surface area contributed by atoms with Crippen LogP contribution in [0.3, 0.4) is 0 Å². The van der Waals surface area contributed by atoms with E-state index in [1.165, 1.54) is 0 Å². The number of quaternary nitrogens is 1. The number of nitrogens with zero attached hydrogens (tertiary/aromatic N) is 1. The summed E-state index contributed by atoms with van der Waals surface area (Å²) in [4.78, 5) is 0. The average Bonchev–Trinajstić information content (AvgIpc) is 1.86. The van der Waals surface area contributed by atoms with E-state index in [2.05, 4.69) is 27.3 Å². The Morgan fingerprint density at radius 3 is 2.18 bits per heavy atom. The molecular weight excluding hydrogens is 182 g/mol. The molecule has 1 atom stereocenters. The predicted molar refractivity (Wildman–Crippen MR) is 47.0 cm³/mol. The lowest BCUT2D eigenvalue weighted by Gasteiger charge is -2.34. The van der Waals surface area contributed by atoms with Gasteiger partial charge in [0.2, 0.25) is 0 Å². The Bertz CT molecular complexity index is 100. The second-order valence-corrected chi connectivity index (χ2v) is 4.21. The standard InChI is InChI=1S/C7H18NOS.ClH/c1-7(10-4)8(2,3)5-6-9;/h7,9H,5-6H2,1-4H3;1H/q+1;/p-1. The van der Waals surface area contributed by atoms with Crippen molar-refractivity contribution in [2.24, 2.45) is 0 Å². The van der Waals surface area contributed by atoms with Crippen molar-refractivity contribution in [3.63, 3.8) is 0 Å². The van der Waals surface area contributed by atoms with Crippen LogP contribution in [0, 0.1) is 0 Å². The first-order valence-electron chi connectivity index (χ1n) is 3.51. The number of hydrogen-bond acceptors (Lipinski definition) is 2. The van der Waals surface area contributed by atoms with E-state index in [9.17, 15) is 0 Å². The van der Waals surface area contributed by atoms with E-state index >= 15 is 0 Å². The Morgan fingerprint density at radius 2 is 1.91 bits per heavy atom. The number of hydrogen-bond donors (Lipinski definition) is 1. The normalized spacial score (nSPS) is 13.9. The Balaban J connectivity index is 0. The Kier molecular flexibility index (Phi) is 7.84. The molecule has 0 aromatic rings. The topological polar surface area (TPSA) is 20.2 Å². The van der Waals surface area contributed by atoms with Gasteiger partial charge in [-0.3, -0.25) is 0 Å². The third kappa shape index (κ3) is 4.90. The molecule has 0 spiro atoms. The number of aliphatic hydroxyl groups excluding tert-OH is 1. The third-order valence-corrected chi connectivity index (χ3v) is 3.25. The molecule has 11 heavy (non-hydrogen) atoms. The molecule has 0 fully saturated rings. The highest BCUT2D eigenvalue weighted by Crippen LogP contribution is 2.15. The van der Waals surface area contributed by atoms with Crippen LogP contribution in [-0.4, -0.2) is 48.5 Å². The largest absolute Gasteiger partial charge is 1.00 e. The molecule has 0 aromatic carbocycles. The van der Waals surface area contributed by atoms with Gasteiger partial charge in [-0.25, -0.2) is 0 Å². The van der Waals surface area contributed by atoms with Gasteiger partial charge in [-0.05, 0) is 13.2 Å². The van der Waals surface area contributed by atoms with Crippen molar-refractivity contribution in [2.45, 2.75) is 12.3 Å². The van der Waals surface area contributed by atoms with Gasteiger partial charge >= 0.3 is 0 Å². The molecule has 70 valence electrons. The van der Waals surface area contributed by atoms with E-state index in [-0.39, 0.29) is 19.0 Å². The van der Waals surface area contributed by atoms with Crippen molar-refractivity contribution in [3.8, 4) is 0 Å². The number of halogens is 1. The Labute approximate surface area is 80.0 Å². The second-order valence-electron chi connectivity index (χ2n) is 3.06. The predicted octanol–water partition coefficient (Wildman–Crippen LogP) is -2.23. The molecule has 1 unspecified atom stereocenters. The van der Waals surface area contributed by atoms with E-state index in [4.69, 9.17) is 5.11 Å². The molecule has 1 N–H and O–H groups in total. The highest BCUT2D eigenvalue weighted by molar-refractivity contribution is 7.99. The minimum atomic E-state index is 0. The molecule has 2 nitrogen and oxygen atoms in total. The maximum Gasteiger partial charge on any atom is 0.132 e. The molecule has 0 heterocycles. The number of likely N-dealkylation sites (N-methyl/N-ethyl adjacent to an activating group) is 1. The van der Waals surface area contributed by atoms with Gasteiger partial charge in [0.15, 0.2) is 0 Å². The minimum absolute atomic E-state index is 0. The van der Waals surface area contributed by atoms with Crippen LogP contribution >= 0.6 is 11.8 Å². The number of thioether (sulfide) groups is 1. The smallest absolute Gasteiger partial charge is 0.132 e. The monoisotopic (exact) mass is 199 g/mol. The summed E-state index contributed by atoms with van der Waals surface area (Å²) in [5.74, 6) is 0. The highest BCUT2D eigenvalue weighted by Gasteiger charge is 2.21. The van der Waals surface area contributed by atoms with Crippen LogP contribution in [0.25, 0.3) is 0 Å². The summed E-state index contributed by atoms with van der Waals surface area (Å²) in [6.45, 7) is 3.29. The van der Waals surface area contributed by atoms with Crippen molar-refractivity contribution >= 4 is 11.8 Å².